The van der Waals surface area contributed by atoms with Gasteiger partial charge in [0.15, 0.2) is 0 Å². The van der Waals surface area contributed by atoms with Gasteiger partial charge in [-0.2, -0.15) is 0 Å². The first-order chi connectivity index (χ1) is 11.4. The molecule has 126 valence electrons. The van der Waals surface area contributed by atoms with Crippen LogP contribution in [0.2, 0.25) is 0 Å². The number of rotatable bonds is 3. The van der Waals surface area contributed by atoms with Crippen LogP contribution < -0.4 is 5.32 Å². The molecule has 1 atom stereocenters. The van der Waals surface area contributed by atoms with Crippen LogP contribution in [0.25, 0.3) is 0 Å². The highest BCUT2D eigenvalue weighted by Gasteiger charge is 2.27. The quantitative estimate of drug-likeness (QED) is 0.931. The van der Waals surface area contributed by atoms with Crippen LogP contribution in [0.1, 0.15) is 42.2 Å². The number of nitrogens with zero attached hydrogens (tertiary/aromatic N) is 5. The maximum atomic E-state index is 11.5. The SMILES string of the molecule is CC(=O)N1CC[C@H](c2nc(C)cc(Nc3nc(C)cc(C)n3)n2)C1. The third kappa shape index (κ3) is 3.67. The van der Waals surface area contributed by atoms with Gasteiger partial charge in [-0.15, -0.1) is 0 Å². The van der Waals surface area contributed by atoms with E-state index in [9.17, 15) is 4.79 Å². The van der Waals surface area contributed by atoms with Gasteiger partial charge in [0.05, 0.1) is 0 Å². The third-order valence-corrected chi connectivity index (χ3v) is 4.09. The van der Waals surface area contributed by atoms with Gasteiger partial charge in [0, 0.05) is 49.1 Å². The third-order valence-electron chi connectivity index (χ3n) is 4.09. The van der Waals surface area contributed by atoms with Gasteiger partial charge in [-0.25, -0.2) is 19.9 Å². The number of amides is 1. The van der Waals surface area contributed by atoms with E-state index < -0.39 is 0 Å². The number of carbonyl (C=O) groups is 1. The number of likely N-dealkylation sites (tertiary alicyclic amines) is 1. The molecule has 0 radical (unpaired) electrons. The molecule has 0 saturated carbocycles. The van der Waals surface area contributed by atoms with Gasteiger partial charge >= 0.3 is 0 Å². The summed E-state index contributed by atoms with van der Waals surface area (Å²) >= 11 is 0. The Kier molecular flexibility index (Phi) is 4.42. The Labute approximate surface area is 141 Å². The summed E-state index contributed by atoms with van der Waals surface area (Å²) in [5, 5.41) is 3.17. The van der Waals surface area contributed by atoms with E-state index in [0.717, 1.165) is 35.9 Å². The lowest BCUT2D eigenvalue weighted by atomic mass is 10.1. The summed E-state index contributed by atoms with van der Waals surface area (Å²) in [5.74, 6) is 2.27. The first-order valence-electron chi connectivity index (χ1n) is 8.11. The van der Waals surface area contributed by atoms with Crippen LogP contribution in [0.3, 0.4) is 0 Å². The number of aromatic nitrogens is 4. The highest BCUT2D eigenvalue weighted by Crippen LogP contribution is 2.26. The zero-order chi connectivity index (χ0) is 17.3. The summed E-state index contributed by atoms with van der Waals surface area (Å²) in [5.41, 5.74) is 2.70. The second-order valence-corrected chi connectivity index (χ2v) is 6.30. The molecule has 1 amide bonds. The van der Waals surface area contributed by atoms with Gasteiger partial charge in [-0.3, -0.25) is 4.79 Å². The molecule has 3 rings (SSSR count). The van der Waals surface area contributed by atoms with Crippen molar-refractivity contribution in [3.8, 4) is 0 Å². The van der Waals surface area contributed by atoms with Gasteiger partial charge in [0.1, 0.15) is 11.6 Å². The summed E-state index contributed by atoms with van der Waals surface area (Å²) in [6, 6.07) is 3.80. The highest BCUT2D eigenvalue weighted by atomic mass is 16.2. The van der Waals surface area contributed by atoms with E-state index in [0.29, 0.717) is 18.3 Å². The molecule has 7 heteroatoms. The zero-order valence-electron chi connectivity index (χ0n) is 14.5. The highest BCUT2D eigenvalue weighted by molar-refractivity contribution is 5.73. The predicted molar refractivity (Wildman–Crippen MR) is 91.2 cm³/mol. The molecule has 1 fully saturated rings. The number of nitrogens with one attached hydrogen (secondary N) is 1. The molecule has 0 unspecified atom stereocenters. The standard InChI is InChI=1S/C17H22N6O/c1-10-7-11(2)20-17(19-10)22-15-8-12(3)18-16(21-15)14-5-6-23(9-14)13(4)24/h7-8,14H,5-6,9H2,1-4H3,(H,18,19,20,21,22)/t14-/m0/s1. The molecule has 0 aliphatic carbocycles. The van der Waals surface area contributed by atoms with Crippen LogP contribution in [0.5, 0.6) is 0 Å². The fraction of sp³-hybridized carbons (Fsp3) is 0.471. The van der Waals surface area contributed by atoms with E-state index in [4.69, 9.17) is 0 Å². The Hall–Kier alpha value is -2.57. The van der Waals surface area contributed by atoms with E-state index in [-0.39, 0.29) is 11.8 Å². The van der Waals surface area contributed by atoms with Gasteiger partial charge < -0.3 is 10.2 Å². The van der Waals surface area contributed by atoms with Crippen molar-refractivity contribution in [1.82, 2.24) is 24.8 Å². The fourth-order valence-electron chi connectivity index (χ4n) is 2.99. The molecule has 0 bridgehead atoms. The van der Waals surface area contributed by atoms with E-state index in [1.165, 1.54) is 0 Å². The van der Waals surface area contributed by atoms with Gasteiger partial charge in [0.25, 0.3) is 0 Å². The number of hydrogen-bond acceptors (Lipinski definition) is 6. The molecule has 0 aromatic carbocycles. The minimum Gasteiger partial charge on any atom is -0.342 e. The summed E-state index contributed by atoms with van der Waals surface area (Å²) in [4.78, 5) is 31.3. The van der Waals surface area contributed by atoms with Crippen LogP contribution in [0.15, 0.2) is 12.1 Å². The lowest BCUT2D eigenvalue weighted by molar-refractivity contribution is -0.127. The summed E-state index contributed by atoms with van der Waals surface area (Å²) < 4.78 is 0. The second-order valence-electron chi connectivity index (χ2n) is 6.30. The zero-order valence-corrected chi connectivity index (χ0v) is 14.5. The molecule has 24 heavy (non-hydrogen) atoms. The summed E-state index contributed by atoms with van der Waals surface area (Å²) in [7, 11) is 0. The Morgan fingerprint density at radius 1 is 1.08 bits per heavy atom. The van der Waals surface area contributed by atoms with Crippen molar-refractivity contribution in [3.63, 3.8) is 0 Å². The monoisotopic (exact) mass is 326 g/mol. The Morgan fingerprint density at radius 3 is 2.38 bits per heavy atom. The van der Waals surface area contributed by atoms with Gasteiger partial charge in [0.2, 0.25) is 11.9 Å². The topological polar surface area (TPSA) is 83.9 Å². The molecule has 7 nitrogen and oxygen atoms in total. The Morgan fingerprint density at radius 2 is 1.75 bits per heavy atom. The van der Waals surface area contributed by atoms with Crippen LogP contribution >= 0.6 is 0 Å². The average Bonchev–Trinajstić information content (AvgIpc) is 2.95. The number of carbonyl (C=O) groups excluding carboxylic acids is 1. The molecule has 1 N–H and O–H groups in total. The van der Waals surface area contributed by atoms with Crippen molar-refractivity contribution in [2.24, 2.45) is 0 Å². The minimum atomic E-state index is 0.104. The van der Waals surface area contributed by atoms with Crippen LogP contribution in [0, 0.1) is 20.8 Å². The fourth-order valence-corrected chi connectivity index (χ4v) is 2.99. The largest absolute Gasteiger partial charge is 0.342 e. The maximum Gasteiger partial charge on any atom is 0.228 e. The van der Waals surface area contributed by atoms with Crippen molar-refractivity contribution in [2.45, 2.75) is 40.0 Å². The van der Waals surface area contributed by atoms with Crippen molar-refractivity contribution in [3.05, 3.63) is 35.0 Å². The minimum absolute atomic E-state index is 0.104. The molecule has 0 spiro atoms. The Balaban J connectivity index is 1.83. The lowest BCUT2D eigenvalue weighted by Crippen LogP contribution is -2.25. The number of hydrogen-bond donors (Lipinski definition) is 1. The smallest absolute Gasteiger partial charge is 0.228 e. The predicted octanol–water partition coefficient (Wildman–Crippen LogP) is 2.27. The molecule has 2 aromatic rings. The molecule has 2 aromatic heterocycles. The average molecular weight is 326 g/mol. The number of anilines is 2. The molecule has 1 aliphatic rings. The first kappa shape index (κ1) is 16.3. The first-order valence-corrected chi connectivity index (χ1v) is 8.11. The van der Waals surface area contributed by atoms with E-state index in [1.807, 2.05) is 37.8 Å². The second kappa shape index (κ2) is 6.51. The maximum absolute atomic E-state index is 11.5. The van der Waals surface area contributed by atoms with E-state index in [2.05, 4.69) is 25.3 Å². The van der Waals surface area contributed by atoms with Crippen molar-refractivity contribution in [1.29, 1.82) is 0 Å². The molecule has 3 heterocycles. The molecular weight excluding hydrogens is 304 g/mol. The lowest BCUT2D eigenvalue weighted by Gasteiger charge is -2.14. The van der Waals surface area contributed by atoms with E-state index in [1.54, 1.807) is 6.92 Å². The van der Waals surface area contributed by atoms with Gasteiger partial charge in [-0.1, -0.05) is 0 Å². The van der Waals surface area contributed by atoms with Crippen LogP contribution in [0.4, 0.5) is 11.8 Å². The van der Waals surface area contributed by atoms with Crippen molar-refractivity contribution >= 4 is 17.7 Å². The Bertz CT molecular complexity index is 755. The molecule has 1 aliphatic heterocycles. The molecular formula is C17H22N6O. The van der Waals surface area contributed by atoms with Gasteiger partial charge in [-0.05, 0) is 33.3 Å². The van der Waals surface area contributed by atoms with Crippen LogP contribution in [-0.2, 0) is 4.79 Å². The van der Waals surface area contributed by atoms with Crippen LogP contribution in [-0.4, -0.2) is 43.8 Å². The summed E-state index contributed by atoms with van der Waals surface area (Å²) in [6.07, 6.45) is 0.891. The number of aryl methyl sites for hydroxylation is 3. The van der Waals surface area contributed by atoms with Crippen molar-refractivity contribution in [2.75, 3.05) is 18.4 Å². The summed E-state index contributed by atoms with van der Waals surface area (Å²) in [6.45, 7) is 8.86. The van der Waals surface area contributed by atoms with E-state index >= 15 is 0 Å². The molecule has 1 saturated heterocycles. The normalized spacial score (nSPS) is 17.2. The van der Waals surface area contributed by atoms with Crippen molar-refractivity contribution < 1.29 is 4.79 Å².